The number of hydrogen-bond acceptors (Lipinski definition) is 8. The number of fused-ring (bicyclic) bond motifs is 1. The number of hydrogen-bond donors (Lipinski definition) is 0. The second kappa shape index (κ2) is 8.91. The average molecular weight is 477 g/mol. The Balaban J connectivity index is 1.62. The maximum absolute atomic E-state index is 13.3. The molecule has 0 spiro atoms. The highest BCUT2D eigenvalue weighted by Crippen LogP contribution is 2.37. The van der Waals surface area contributed by atoms with Crippen LogP contribution in [-0.2, 0) is 26.1 Å². The van der Waals surface area contributed by atoms with Crippen LogP contribution in [0.4, 0.5) is 0 Å². The smallest absolute Gasteiger partial charge is 0.420 e. The summed E-state index contributed by atoms with van der Waals surface area (Å²) in [6.45, 7) is 0.278. The predicted molar refractivity (Wildman–Crippen MR) is 118 cm³/mol. The van der Waals surface area contributed by atoms with Crippen molar-refractivity contribution in [1.29, 1.82) is 0 Å². The monoisotopic (exact) mass is 476 g/mol. The fourth-order valence-corrected chi connectivity index (χ4v) is 5.57. The highest BCUT2D eigenvalue weighted by Gasteiger charge is 2.35. The number of methoxy groups -OCH3 is 3. The Labute approximate surface area is 190 Å². The zero-order chi connectivity index (χ0) is 23.8. The third kappa shape index (κ3) is 4.21. The Morgan fingerprint density at radius 2 is 1.91 bits per heavy atom. The zero-order valence-corrected chi connectivity index (χ0v) is 19.3. The molecule has 2 heterocycles. The Morgan fingerprint density at radius 1 is 1.12 bits per heavy atom. The van der Waals surface area contributed by atoms with E-state index in [4.69, 9.17) is 13.9 Å². The van der Waals surface area contributed by atoms with Gasteiger partial charge in [-0.2, -0.15) is 4.31 Å². The van der Waals surface area contributed by atoms with Crippen LogP contribution in [0.1, 0.15) is 17.9 Å². The van der Waals surface area contributed by atoms with Gasteiger partial charge in [0.15, 0.2) is 5.58 Å². The average Bonchev–Trinajstić information content (AvgIpc) is 3.43. The summed E-state index contributed by atoms with van der Waals surface area (Å²) in [6, 6.07) is 9.62. The van der Waals surface area contributed by atoms with Gasteiger partial charge in [0.1, 0.15) is 18.0 Å². The molecule has 3 aromatic rings. The van der Waals surface area contributed by atoms with Crippen molar-refractivity contribution in [2.45, 2.75) is 23.8 Å². The van der Waals surface area contributed by atoms with Crippen LogP contribution in [0.5, 0.6) is 11.5 Å². The third-order valence-electron chi connectivity index (χ3n) is 5.82. The van der Waals surface area contributed by atoms with Gasteiger partial charge in [0.25, 0.3) is 0 Å². The van der Waals surface area contributed by atoms with Crippen molar-refractivity contribution in [3.8, 4) is 11.5 Å². The molecule has 0 unspecified atom stereocenters. The Hall–Kier alpha value is -3.31. The van der Waals surface area contributed by atoms with Crippen molar-refractivity contribution < 1.29 is 31.8 Å². The quantitative estimate of drug-likeness (QED) is 0.475. The molecule has 11 heteroatoms. The Morgan fingerprint density at radius 3 is 2.61 bits per heavy atom. The van der Waals surface area contributed by atoms with Crippen LogP contribution in [0, 0.1) is 0 Å². The lowest BCUT2D eigenvalue weighted by atomic mass is 9.97. The van der Waals surface area contributed by atoms with Gasteiger partial charge in [0.2, 0.25) is 10.0 Å². The summed E-state index contributed by atoms with van der Waals surface area (Å²) < 4.78 is 49.7. The van der Waals surface area contributed by atoms with Crippen molar-refractivity contribution in [3.05, 3.63) is 52.5 Å². The van der Waals surface area contributed by atoms with Gasteiger partial charge in [0, 0.05) is 30.6 Å². The molecule has 4 rings (SSSR count). The maximum Gasteiger partial charge on any atom is 0.420 e. The summed E-state index contributed by atoms with van der Waals surface area (Å²) in [5.41, 5.74) is 1.27. The predicted octanol–water partition coefficient (Wildman–Crippen LogP) is 1.96. The number of carbonyl (C=O) groups excluding carboxylic acids is 1. The molecule has 2 aromatic carbocycles. The van der Waals surface area contributed by atoms with E-state index in [0.717, 1.165) is 10.1 Å². The minimum atomic E-state index is -3.84. The normalized spacial score (nSPS) is 16.8. The van der Waals surface area contributed by atoms with E-state index in [1.165, 1.54) is 29.6 Å². The Kier molecular flexibility index (Phi) is 6.17. The van der Waals surface area contributed by atoms with E-state index in [-0.39, 0.29) is 29.5 Å². The molecular formula is C22H24N2O8S. The first kappa shape index (κ1) is 22.9. The molecule has 1 aromatic heterocycles. The standard InChI is InChI=1S/C22H24N2O8S/c1-29-15-4-7-19(30-2)17(10-15)14-8-9-23(12-14)33(27,28)16-5-6-18-20(11-16)32-22(26)24(18)13-21(25)31-3/h4-7,10-11,14H,8-9,12-13H2,1-3H3/t14-/m1/s1. The number of esters is 1. The number of carbonyl (C=O) groups is 1. The molecule has 1 fully saturated rings. The molecule has 1 atom stereocenters. The number of aromatic nitrogens is 1. The molecule has 0 N–H and O–H groups in total. The molecule has 33 heavy (non-hydrogen) atoms. The molecule has 0 aliphatic carbocycles. The lowest BCUT2D eigenvalue weighted by Gasteiger charge is -2.18. The van der Waals surface area contributed by atoms with E-state index in [1.807, 2.05) is 6.07 Å². The fourth-order valence-electron chi connectivity index (χ4n) is 4.06. The van der Waals surface area contributed by atoms with E-state index in [1.54, 1.807) is 26.4 Å². The Bertz CT molecular complexity index is 1360. The number of ether oxygens (including phenoxy) is 3. The van der Waals surface area contributed by atoms with Crippen molar-refractivity contribution in [2.75, 3.05) is 34.4 Å². The summed E-state index contributed by atoms with van der Waals surface area (Å²) >= 11 is 0. The third-order valence-corrected chi connectivity index (χ3v) is 7.68. The van der Waals surface area contributed by atoms with Crippen molar-refractivity contribution in [2.24, 2.45) is 0 Å². The number of benzene rings is 2. The number of oxazole rings is 1. The van der Waals surface area contributed by atoms with Crippen molar-refractivity contribution in [1.82, 2.24) is 8.87 Å². The van der Waals surface area contributed by atoms with E-state index in [9.17, 15) is 18.0 Å². The summed E-state index contributed by atoms with van der Waals surface area (Å²) in [6.07, 6.45) is 0.621. The van der Waals surface area contributed by atoms with Gasteiger partial charge in [-0.05, 0) is 36.8 Å². The summed E-state index contributed by atoms with van der Waals surface area (Å²) in [5.74, 6) is -0.101. The first-order valence-corrected chi connectivity index (χ1v) is 11.6. The molecule has 1 aliphatic heterocycles. The second-order valence-corrected chi connectivity index (χ2v) is 9.55. The summed E-state index contributed by atoms with van der Waals surface area (Å²) in [5, 5.41) is 0. The van der Waals surface area contributed by atoms with Crippen LogP contribution < -0.4 is 15.2 Å². The SMILES string of the molecule is COC(=O)Cn1c(=O)oc2cc(S(=O)(=O)N3CC[C@@H](c4cc(OC)ccc4OC)C3)ccc21. The van der Waals surface area contributed by atoms with Crippen LogP contribution in [-0.4, -0.2) is 57.7 Å². The van der Waals surface area contributed by atoms with Crippen LogP contribution in [0.2, 0.25) is 0 Å². The largest absolute Gasteiger partial charge is 0.497 e. The van der Waals surface area contributed by atoms with Crippen molar-refractivity contribution in [3.63, 3.8) is 0 Å². The minimum Gasteiger partial charge on any atom is -0.497 e. The van der Waals surface area contributed by atoms with E-state index in [2.05, 4.69) is 4.74 Å². The second-order valence-electron chi connectivity index (χ2n) is 7.62. The lowest BCUT2D eigenvalue weighted by Crippen LogP contribution is -2.28. The van der Waals surface area contributed by atoms with Gasteiger partial charge in [-0.15, -0.1) is 0 Å². The van der Waals surface area contributed by atoms with Gasteiger partial charge >= 0.3 is 11.7 Å². The zero-order valence-electron chi connectivity index (χ0n) is 18.4. The number of nitrogens with zero attached hydrogens (tertiary/aromatic N) is 2. The topological polar surface area (TPSA) is 117 Å². The molecule has 0 saturated carbocycles. The van der Waals surface area contributed by atoms with E-state index < -0.39 is 21.7 Å². The molecular weight excluding hydrogens is 452 g/mol. The van der Waals surface area contributed by atoms with Gasteiger partial charge in [-0.25, -0.2) is 13.2 Å². The highest BCUT2D eigenvalue weighted by atomic mass is 32.2. The summed E-state index contributed by atoms with van der Waals surface area (Å²) in [4.78, 5) is 23.7. The molecule has 0 amide bonds. The molecule has 0 bridgehead atoms. The first-order valence-electron chi connectivity index (χ1n) is 10.2. The fraction of sp³-hybridized carbons (Fsp3) is 0.364. The maximum atomic E-state index is 13.3. The summed E-state index contributed by atoms with van der Waals surface area (Å²) in [7, 11) is 0.521. The van der Waals surface area contributed by atoms with Crippen LogP contribution in [0.25, 0.3) is 11.1 Å². The lowest BCUT2D eigenvalue weighted by molar-refractivity contribution is -0.141. The molecule has 1 saturated heterocycles. The highest BCUT2D eigenvalue weighted by molar-refractivity contribution is 7.89. The van der Waals surface area contributed by atoms with Crippen LogP contribution >= 0.6 is 0 Å². The molecule has 1 aliphatic rings. The number of rotatable bonds is 7. The van der Waals surface area contributed by atoms with Gasteiger partial charge < -0.3 is 18.6 Å². The molecule has 176 valence electrons. The first-order chi connectivity index (χ1) is 15.8. The molecule has 10 nitrogen and oxygen atoms in total. The van der Waals surface area contributed by atoms with Crippen LogP contribution in [0.15, 0.2) is 50.5 Å². The van der Waals surface area contributed by atoms with Gasteiger partial charge in [0.05, 0.1) is 31.7 Å². The van der Waals surface area contributed by atoms with E-state index in [0.29, 0.717) is 30.0 Å². The molecule has 0 radical (unpaired) electrons. The van der Waals surface area contributed by atoms with E-state index >= 15 is 0 Å². The van der Waals surface area contributed by atoms with Gasteiger partial charge in [-0.3, -0.25) is 9.36 Å². The van der Waals surface area contributed by atoms with Crippen LogP contribution in [0.3, 0.4) is 0 Å². The minimum absolute atomic E-state index is 0.00669. The van der Waals surface area contributed by atoms with Gasteiger partial charge in [-0.1, -0.05) is 0 Å². The number of sulfonamides is 1. The van der Waals surface area contributed by atoms with Crippen molar-refractivity contribution >= 4 is 27.1 Å².